The van der Waals surface area contributed by atoms with Gasteiger partial charge >= 0.3 is 11.9 Å². The summed E-state index contributed by atoms with van der Waals surface area (Å²) in [5.74, 6) is -4.10. The molecule has 5 nitrogen and oxygen atoms in total. The second-order valence-corrected chi connectivity index (χ2v) is 4.27. The average molecular weight is 315 g/mol. The van der Waals surface area contributed by atoms with Crippen LogP contribution in [0.1, 0.15) is 10.4 Å². The Bertz CT molecular complexity index is 450. The van der Waals surface area contributed by atoms with Gasteiger partial charge in [-0.25, -0.2) is 0 Å². The minimum atomic E-state index is -1.58. The van der Waals surface area contributed by atoms with Crippen LogP contribution in [0.5, 0.6) is 0 Å². The lowest BCUT2D eigenvalue weighted by molar-refractivity contribution is -0.155. The van der Waals surface area contributed by atoms with Crippen molar-refractivity contribution in [3.8, 4) is 0 Å². The zero-order valence-corrected chi connectivity index (χ0v) is 11.4. The number of ketones is 1. The minimum Gasteiger partial charge on any atom is -0.468 e. The van der Waals surface area contributed by atoms with E-state index in [1.54, 1.807) is 12.1 Å². The Morgan fingerprint density at radius 1 is 1.00 bits per heavy atom. The normalized spacial score (nSPS) is 10.0. The van der Waals surface area contributed by atoms with E-state index in [9.17, 15) is 14.4 Å². The van der Waals surface area contributed by atoms with Gasteiger partial charge in [0.1, 0.15) is 0 Å². The largest absolute Gasteiger partial charge is 0.468 e. The van der Waals surface area contributed by atoms with Crippen molar-refractivity contribution in [2.45, 2.75) is 0 Å². The molecule has 0 fully saturated rings. The van der Waals surface area contributed by atoms with Crippen molar-refractivity contribution in [2.75, 3.05) is 14.2 Å². The molecule has 1 aromatic rings. The first-order valence-corrected chi connectivity index (χ1v) is 5.76. The van der Waals surface area contributed by atoms with Crippen molar-refractivity contribution in [2.24, 2.45) is 5.92 Å². The summed E-state index contributed by atoms with van der Waals surface area (Å²) in [5, 5.41) is 0. The molecule has 0 heterocycles. The fourth-order valence-electron chi connectivity index (χ4n) is 1.33. The molecule has 0 spiro atoms. The molecule has 0 amide bonds. The number of carbonyl (C=O) groups excluding carboxylic acids is 3. The van der Waals surface area contributed by atoms with Gasteiger partial charge in [-0.3, -0.25) is 14.4 Å². The van der Waals surface area contributed by atoms with Crippen molar-refractivity contribution >= 4 is 33.7 Å². The van der Waals surface area contributed by atoms with Crippen LogP contribution in [0.15, 0.2) is 28.7 Å². The van der Waals surface area contributed by atoms with Crippen LogP contribution in [0.4, 0.5) is 0 Å². The van der Waals surface area contributed by atoms with E-state index in [0.717, 1.165) is 18.7 Å². The molecule has 0 bridgehead atoms. The lowest BCUT2D eigenvalue weighted by Gasteiger charge is -2.11. The number of hydrogen-bond donors (Lipinski definition) is 0. The first-order valence-electron chi connectivity index (χ1n) is 4.96. The molecule has 0 saturated heterocycles. The van der Waals surface area contributed by atoms with Crippen LogP contribution in [0.3, 0.4) is 0 Å². The number of hydrogen-bond acceptors (Lipinski definition) is 5. The highest BCUT2D eigenvalue weighted by Gasteiger charge is 2.36. The van der Waals surface area contributed by atoms with Gasteiger partial charge in [0.2, 0.25) is 5.92 Å². The predicted molar refractivity (Wildman–Crippen MR) is 66.0 cm³/mol. The highest BCUT2D eigenvalue weighted by atomic mass is 79.9. The Morgan fingerprint density at radius 3 is 1.83 bits per heavy atom. The first kappa shape index (κ1) is 14.4. The summed E-state index contributed by atoms with van der Waals surface area (Å²) in [5.41, 5.74) is 0.235. The molecule has 0 aliphatic carbocycles. The van der Waals surface area contributed by atoms with Crippen LogP contribution in [-0.2, 0) is 19.1 Å². The van der Waals surface area contributed by atoms with Gasteiger partial charge in [-0.1, -0.05) is 28.1 Å². The van der Waals surface area contributed by atoms with Gasteiger partial charge in [0, 0.05) is 10.0 Å². The van der Waals surface area contributed by atoms with Crippen molar-refractivity contribution in [3.63, 3.8) is 0 Å². The predicted octanol–water partition coefficient (Wildman–Crippen LogP) is 1.59. The van der Waals surface area contributed by atoms with Crippen molar-refractivity contribution < 1.29 is 23.9 Å². The maximum absolute atomic E-state index is 12.0. The highest BCUT2D eigenvalue weighted by molar-refractivity contribution is 9.10. The van der Waals surface area contributed by atoms with Crippen LogP contribution in [-0.4, -0.2) is 31.9 Å². The van der Waals surface area contributed by atoms with Crippen molar-refractivity contribution in [3.05, 3.63) is 34.3 Å². The zero-order chi connectivity index (χ0) is 13.7. The molecule has 1 aromatic carbocycles. The Labute approximate surface area is 112 Å². The molecule has 0 radical (unpaired) electrons. The average Bonchev–Trinajstić information content (AvgIpc) is 2.39. The molecule has 0 aromatic heterocycles. The van der Waals surface area contributed by atoms with Gasteiger partial charge in [0.25, 0.3) is 0 Å². The molecule has 0 atom stereocenters. The summed E-state index contributed by atoms with van der Waals surface area (Å²) in [6, 6.07) is 6.29. The number of benzene rings is 1. The lowest BCUT2D eigenvalue weighted by Crippen LogP contribution is -2.33. The number of Topliss-reactive ketones (excluding diaryl/α,β-unsaturated/α-hetero) is 1. The molecule has 1 rings (SSSR count). The third-order valence-electron chi connectivity index (χ3n) is 2.26. The van der Waals surface area contributed by atoms with E-state index in [1.807, 2.05) is 0 Å². The van der Waals surface area contributed by atoms with Crippen LogP contribution in [0.2, 0.25) is 0 Å². The van der Waals surface area contributed by atoms with E-state index in [4.69, 9.17) is 0 Å². The van der Waals surface area contributed by atoms with Gasteiger partial charge in [0.15, 0.2) is 5.78 Å². The lowest BCUT2D eigenvalue weighted by atomic mass is 9.98. The van der Waals surface area contributed by atoms with E-state index in [-0.39, 0.29) is 5.56 Å². The summed E-state index contributed by atoms with van der Waals surface area (Å²) in [6.45, 7) is 0. The molecule has 6 heteroatoms. The summed E-state index contributed by atoms with van der Waals surface area (Å²) < 4.78 is 9.65. The molecule has 18 heavy (non-hydrogen) atoms. The van der Waals surface area contributed by atoms with Gasteiger partial charge in [0.05, 0.1) is 14.2 Å². The summed E-state index contributed by atoms with van der Waals surface area (Å²) in [6.07, 6.45) is 0. The molecule has 0 unspecified atom stereocenters. The number of halogens is 1. The van der Waals surface area contributed by atoms with E-state index >= 15 is 0 Å². The van der Waals surface area contributed by atoms with E-state index in [1.165, 1.54) is 12.1 Å². The minimum absolute atomic E-state index is 0.235. The Morgan fingerprint density at radius 2 is 1.44 bits per heavy atom. The second kappa shape index (κ2) is 6.30. The highest BCUT2D eigenvalue weighted by Crippen LogP contribution is 2.16. The summed E-state index contributed by atoms with van der Waals surface area (Å²) in [4.78, 5) is 34.9. The molecule has 0 saturated carbocycles. The maximum atomic E-state index is 12.0. The summed E-state index contributed by atoms with van der Waals surface area (Å²) >= 11 is 3.22. The number of esters is 2. The number of rotatable bonds is 4. The smallest absolute Gasteiger partial charge is 0.328 e. The van der Waals surface area contributed by atoms with Crippen LogP contribution in [0, 0.1) is 5.92 Å². The summed E-state index contributed by atoms with van der Waals surface area (Å²) in [7, 11) is 2.21. The number of methoxy groups -OCH3 is 2. The van der Waals surface area contributed by atoms with Crippen LogP contribution >= 0.6 is 15.9 Å². The SMILES string of the molecule is COC(=O)C(C(=O)OC)C(=O)c1ccc(Br)cc1. The molecular formula is C12H11BrO5. The maximum Gasteiger partial charge on any atom is 0.328 e. The van der Waals surface area contributed by atoms with Crippen LogP contribution in [0.25, 0.3) is 0 Å². The standard InChI is InChI=1S/C12H11BrO5/c1-17-11(15)9(12(16)18-2)10(14)7-3-5-8(13)6-4-7/h3-6,9H,1-2H3. The topological polar surface area (TPSA) is 69.7 Å². The third kappa shape index (κ3) is 3.16. The van der Waals surface area contributed by atoms with Gasteiger partial charge in [-0.15, -0.1) is 0 Å². The molecule has 0 aliphatic heterocycles. The molecule has 0 N–H and O–H groups in total. The Balaban J connectivity index is 3.06. The van der Waals surface area contributed by atoms with Crippen molar-refractivity contribution in [1.29, 1.82) is 0 Å². The number of carbonyl (C=O) groups is 3. The van der Waals surface area contributed by atoms with Gasteiger partial charge in [-0.05, 0) is 12.1 Å². The van der Waals surface area contributed by atoms with E-state index in [2.05, 4.69) is 25.4 Å². The van der Waals surface area contributed by atoms with Crippen LogP contribution < -0.4 is 0 Å². The fourth-order valence-corrected chi connectivity index (χ4v) is 1.59. The van der Waals surface area contributed by atoms with E-state index < -0.39 is 23.6 Å². The Hall–Kier alpha value is -1.69. The first-order chi connectivity index (χ1) is 8.51. The molecule has 96 valence electrons. The second-order valence-electron chi connectivity index (χ2n) is 3.35. The quantitative estimate of drug-likeness (QED) is 0.479. The third-order valence-corrected chi connectivity index (χ3v) is 2.79. The zero-order valence-electron chi connectivity index (χ0n) is 9.81. The Kier molecular flexibility index (Phi) is 5.03. The fraction of sp³-hybridized carbons (Fsp3) is 0.250. The van der Waals surface area contributed by atoms with E-state index in [0.29, 0.717) is 0 Å². The van der Waals surface area contributed by atoms with Gasteiger partial charge in [-0.2, -0.15) is 0 Å². The number of ether oxygens (including phenoxy) is 2. The molecule has 0 aliphatic rings. The molecular weight excluding hydrogens is 304 g/mol. The van der Waals surface area contributed by atoms with Crippen molar-refractivity contribution in [1.82, 2.24) is 0 Å². The van der Waals surface area contributed by atoms with Gasteiger partial charge < -0.3 is 9.47 Å². The monoisotopic (exact) mass is 314 g/mol.